The molecular formula is C10H16BrNO. The molecule has 0 saturated heterocycles. The lowest BCUT2D eigenvalue weighted by Gasteiger charge is -2.14. The summed E-state index contributed by atoms with van der Waals surface area (Å²) in [4.78, 5) is 0. The van der Waals surface area contributed by atoms with Gasteiger partial charge >= 0.3 is 0 Å². The molecule has 0 fully saturated rings. The second kappa shape index (κ2) is 4.82. The Bertz CT molecular complexity index is 259. The molecule has 0 aliphatic rings. The fraction of sp³-hybridized carbons (Fsp3) is 0.600. The lowest BCUT2D eigenvalue weighted by Crippen LogP contribution is -2.22. The zero-order chi connectivity index (χ0) is 9.84. The number of furan rings is 1. The Labute approximate surface area is 87.8 Å². The van der Waals surface area contributed by atoms with Gasteiger partial charge in [-0.15, -0.1) is 0 Å². The van der Waals surface area contributed by atoms with Crippen molar-refractivity contribution >= 4 is 15.9 Å². The van der Waals surface area contributed by atoms with Crippen molar-refractivity contribution in [3.63, 3.8) is 0 Å². The van der Waals surface area contributed by atoms with Gasteiger partial charge in [-0.25, -0.2) is 0 Å². The summed E-state index contributed by atoms with van der Waals surface area (Å²) in [6.45, 7) is 4.35. The van der Waals surface area contributed by atoms with E-state index in [1.165, 1.54) is 0 Å². The Kier molecular flexibility index (Phi) is 4.00. The maximum absolute atomic E-state index is 5.40. The summed E-state index contributed by atoms with van der Waals surface area (Å²) in [5, 5.41) is 3.22. The number of nitrogens with one attached hydrogen (secondary N) is 1. The van der Waals surface area contributed by atoms with Gasteiger partial charge in [-0.3, -0.25) is 0 Å². The van der Waals surface area contributed by atoms with Crippen LogP contribution in [0.25, 0.3) is 0 Å². The van der Waals surface area contributed by atoms with Crippen molar-refractivity contribution in [1.82, 2.24) is 5.32 Å². The summed E-state index contributed by atoms with van der Waals surface area (Å²) in [5.41, 5.74) is 0. The van der Waals surface area contributed by atoms with Crippen LogP contribution in [-0.2, 0) is 0 Å². The van der Waals surface area contributed by atoms with E-state index in [0.29, 0.717) is 12.0 Å². The fourth-order valence-electron chi connectivity index (χ4n) is 1.41. The highest BCUT2D eigenvalue weighted by molar-refractivity contribution is 9.10. The summed E-state index contributed by atoms with van der Waals surface area (Å²) >= 11 is 3.46. The topological polar surface area (TPSA) is 25.2 Å². The van der Waals surface area contributed by atoms with E-state index in [0.717, 1.165) is 16.7 Å². The quantitative estimate of drug-likeness (QED) is 0.882. The summed E-state index contributed by atoms with van der Waals surface area (Å²) in [7, 11) is 1.98. The molecule has 0 aliphatic carbocycles. The Balaban J connectivity index is 2.58. The molecule has 1 aromatic rings. The monoisotopic (exact) mass is 245 g/mol. The maximum atomic E-state index is 5.40. The molecule has 0 radical (unpaired) electrons. The van der Waals surface area contributed by atoms with E-state index in [9.17, 15) is 0 Å². The van der Waals surface area contributed by atoms with Crippen LogP contribution in [0.15, 0.2) is 21.2 Å². The van der Waals surface area contributed by atoms with Crippen molar-refractivity contribution in [2.45, 2.75) is 32.2 Å². The molecule has 0 saturated carbocycles. The summed E-state index contributed by atoms with van der Waals surface area (Å²) < 4.78 is 6.47. The normalized spacial score (nSPS) is 15.7. The van der Waals surface area contributed by atoms with Gasteiger partial charge in [-0.05, 0) is 42.4 Å². The predicted molar refractivity (Wildman–Crippen MR) is 58.0 cm³/mol. The van der Waals surface area contributed by atoms with E-state index in [1.54, 1.807) is 6.26 Å². The van der Waals surface area contributed by atoms with E-state index in [1.807, 2.05) is 13.1 Å². The van der Waals surface area contributed by atoms with E-state index in [-0.39, 0.29) is 0 Å². The van der Waals surface area contributed by atoms with Crippen molar-refractivity contribution in [3.8, 4) is 0 Å². The molecule has 2 nitrogen and oxygen atoms in total. The van der Waals surface area contributed by atoms with Gasteiger partial charge in [0, 0.05) is 12.0 Å². The number of halogens is 1. The summed E-state index contributed by atoms with van der Waals surface area (Å²) in [5.74, 6) is 1.49. The van der Waals surface area contributed by atoms with Crippen LogP contribution in [0.1, 0.15) is 31.9 Å². The SMILES string of the molecule is CNC(C)CC(C)c1occc1Br. The first-order valence-electron chi connectivity index (χ1n) is 4.55. The highest BCUT2D eigenvalue weighted by Gasteiger charge is 2.14. The molecule has 1 heterocycles. The molecular weight excluding hydrogens is 230 g/mol. The zero-order valence-corrected chi connectivity index (χ0v) is 9.89. The minimum atomic E-state index is 0.451. The largest absolute Gasteiger partial charge is 0.468 e. The Morgan fingerprint density at radius 2 is 2.23 bits per heavy atom. The van der Waals surface area contributed by atoms with E-state index in [2.05, 4.69) is 35.1 Å². The highest BCUT2D eigenvalue weighted by atomic mass is 79.9. The Morgan fingerprint density at radius 1 is 1.54 bits per heavy atom. The van der Waals surface area contributed by atoms with Gasteiger partial charge in [0.15, 0.2) is 0 Å². The first kappa shape index (κ1) is 10.8. The second-order valence-corrected chi connectivity index (χ2v) is 4.31. The van der Waals surface area contributed by atoms with Crippen molar-refractivity contribution in [2.24, 2.45) is 0 Å². The van der Waals surface area contributed by atoms with E-state index in [4.69, 9.17) is 4.42 Å². The molecule has 0 aliphatic heterocycles. The number of hydrogen-bond donors (Lipinski definition) is 1. The molecule has 1 rings (SSSR count). The van der Waals surface area contributed by atoms with Crippen molar-refractivity contribution in [2.75, 3.05) is 7.05 Å². The predicted octanol–water partition coefficient (Wildman–Crippen LogP) is 3.14. The van der Waals surface area contributed by atoms with Gasteiger partial charge in [-0.1, -0.05) is 6.92 Å². The molecule has 1 aromatic heterocycles. The molecule has 2 unspecified atom stereocenters. The van der Waals surface area contributed by atoms with Gasteiger partial charge in [-0.2, -0.15) is 0 Å². The third-order valence-electron chi connectivity index (χ3n) is 2.29. The molecule has 74 valence electrons. The smallest absolute Gasteiger partial charge is 0.120 e. The Morgan fingerprint density at radius 3 is 2.69 bits per heavy atom. The highest BCUT2D eigenvalue weighted by Crippen LogP contribution is 2.28. The van der Waals surface area contributed by atoms with E-state index < -0.39 is 0 Å². The van der Waals surface area contributed by atoms with Crippen LogP contribution in [-0.4, -0.2) is 13.1 Å². The lowest BCUT2D eigenvalue weighted by atomic mass is 10.0. The first-order valence-corrected chi connectivity index (χ1v) is 5.34. The van der Waals surface area contributed by atoms with Crippen LogP contribution >= 0.6 is 15.9 Å². The van der Waals surface area contributed by atoms with Gasteiger partial charge in [0.25, 0.3) is 0 Å². The van der Waals surface area contributed by atoms with Gasteiger partial charge < -0.3 is 9.73 Å². The molecule has 0 bridgehead atoms. The van der Waals surface area contributed by atoms with Crippen LogP contribution in [0.3, 0.4) is 0 Å². The standard InChI is InChI=1S/C10H16BrNO/c1-7(6-8(2)12-3)10-9(11)4-5-13-10/h4-5,7-8,12H,6H2,1-3H3. The minimum Gasteiger partial charge on any atom is -0.468 e. The number of rotatable bonds is 4. The zero-order valence-electron chi connectivity index (χ0n) is 8.30. The average molecular weight is 246 g/mol. The molecule has 2 atom stereocenters. The van der Waals surface area contributed by atoms with Crippen molar-refractivity contribution in [3.05, 3.63) is 22.6 Å². The summed E-state index contributed by atoms with van der Waals surface area (Å²) in [6.07, 6.45) is 2.81. The van der Waals surface area contributed by atoms with Gasteiger partial charge in [0.2, 0.25) is 0 Å². The number of hydrogen-bond acceptors (Lipinski definition) is 2. The van der Waals surface area contributed by atoms with Crippen LogP contribution in [0.2, 0.25) is 0 Å². The third-order valence-corrected chi connectivity index (χ3v) is 2.95. The van der Waals surface area contributed by atoms with Gasteiger partial charge in [0.1, 0.15) is 5.76 Å². The lowest BCUT2D eigenvalue weighted by molar-refractivity contribution is 0.426. The molecule has 0 aromatic carbocycles. The van der Waals surface area contributed by atoms with Crippen LogP contribution < -0.4 is 5.32 Å². The second-order valence-electron chi connectivity index (χ2n) is 3.46. The van der Waals surface area contributed by atoms with Crippen LogP contribution in [0.4, 0.5) is 0 Å². The molecule has 13 heavy (non-hydrogen) atoms. The summed E-state index contributed by atoms with van der Waals surface area (Å²) in [6, 6.07) is 2.46. The van der Waals surface area contributed by atoms with Gasteiger partial charge in [0.05, 0.1) is 10.7 Å². The van der Waals surface area contributed by atoms with Crippen molar-refractivity contribution in [1.29, 1.82) is 0 Å². The molecule has 1 N–H and O–H groups in total. The minimum absolute atomic E-state index is 0.451. The molecule has 0 amide bonds. The maximum Gasteiger partial charge on any atom is 0.120 e. The Hall–Kier alpha value is -0.280. The third kappa shape index (κ3) is 2.85. The van der Waals surface area contributed by atoms with E-state index >= 15 is 0 Å². The van der Waals surface area contributed by atoms with Crippen molar-refractivity contribution < 1.29 is 4.42 Å². The van der Waals surface area contributed by atoms with Crippen LogP contribution in [0.5, 0.6) is 0 Å². The fourth-order valence-corrected chi connectivity index (χ4v) is 2.00. The van der Waals surface area contributed by atoms with Crippen LogP contribution in [0, 0.1) is 0 Å². The molecule has 3 heteroatoms. The first-order chi connectivity index (χ1) is 6.15. The average Bonchev–Trinajstić information content (AvgIpc) is 2.51. The molecule has 0 spiro atoms.